The van der Waals surface area contributed by atoms with E-state index in [1.54, 1.807) is 0 Å². The van der Waals surface area contributed by atoms with Gasteiger partial charge in [0.05, 0.1) is 6.04 Å². The predicted octanol–water partition coefficient (Wildman–Crippen LogP) is 1.75. The standard InChI is InChI=1S/C15H20N2O/c18-15(14-7-4-9-16-14)17-10-8-13(11-17)12-5-2-1-3-6-12/h1-3,5-6,13-14,16H,4,7-11H2/t13-,14-/m0/s1. The van der Waals surface area contributed by atoms with Crippen LogP contribution in [-0.4, -0.2) is 36.5 Å². The van der Waals surface area contributed by atoms with Gasteiger partial charge in [-0.3, -0.25) is 4.79 Å². The van der Waals surface area contributed by atoms with Crippen molar-refractivity contribution in [2.45, 2.75) is 31.2 Å². The average molecular weight is 244 g/mol. The highest BCUT2D eigenvalue weighted by Crippen LogP contribution is 2.27. The van der Waals surface area contributed by atoms with Gasteiger partial charge in [0.25, 0.3) is 0 Å². The van der Waals surface area contributed by atoms with Gasteiger partial charge in [0.1, 0.15) is 0 Å². The number of likely N-dealkylation sites (tertiary alicyclic amines) is 1. The molecule has 2 aliphatic heterocycles. The van der Waals surface area contributed by atoms with Gasteiger partial charge in [-0.25, -0.2) is 0 Å². The number of rotatable bonds is 2. The number of carbonyl (C=O) groups is 1. The number of benzene rings is 1. The van der Waals surface area contributed by atoms with Gasteiger partial charge in [-0.2, -0.15) is 0 Å². The zero-order valence-corrected chi connectivity index (χ0v) is 10.6. The van der Waals surface area contributed by atoms with E-state index in [0.717, 1.165) is 38.9 Å². The first-order chi connectivity index (χ1) is 8.84. The van der Waals surface area contributed by atoms with Gasteiger partial charge >= 0.3 is 0 Å². The van der Waals surface area contributed by atoms with Crippen LogP contribution in [0.2, 0.25) is 0 Å². The molecule has 0 unspecified atom stereocenters. The van der Waals surface area contributed by atoms with Crippen molar-refractivity contribution in [3.63, 3.8) is 0 Å². The number of hydrogen-bond donors (Lipinski definition) is 1. The highest BCUT2D eigenvalue weighted by atomic mass is 16.2. The van der Waals surface area contributed by atoms with Gasteiger partial charge in [-0.1, -0.05) is 30.3 Å². The van der Waals surface area contributed by atoms with Crippen LogP contribution in [0.4, 0.5) is 0 Å². The maximum Gasteiger partial charge on any atom is 0.239 e. The molecule has 0 bridgehead atoms. The number of carbonyl (C=O) groups excluding carboxylic acids is 1. The molecule has 2 heterocycles. The fourth-order valence-corrected chi connectivity index (χ4v) is 3.07. The molecule has 2 aliphatic rings. The third kappa shape index (κ3) is 2.27. The van der Waals surface area contributed by atoms with Crippen molar-refractivity contribution < 1.29 is 4.79 Å². The van der Waals surface area contributed by atoms with Crippen molar-refractivity contribution in [3.8, 4) is 0 Å². The van der Waals surface area contributed by atoms with Crippen LogP contribution in [0, 0.1) is 0 Å². The second-order valence-corrected chi connectivity index (χ2v) is 5.33. The Morgan fingerprint density at radius 3 is 2.78 bits per heavy atom. The van der Waals surface area contributed by atoms with Gasteiger partial charge < -0.3 is 10.2 Å². The number of nitrogens with zero attached hydrogens (tertiary/aromatic N) is 1. The molecule has 2 saturated heterocycles. The molecule has 0 radical (unpaired) electrons. The van der Waals surface area contributed by atoms with Crippen LogP contribution >= 0.6 is 0 Å². The fourth-order valence-electron chi connectivity index (χ4n) is 3.07. The maximum atomic E-state index is 12.3. The van der Waals surface area contributed by atoms with Crippen molar-refractivity contribution in [1.82, 2.24) is 10.2 Å². The zero-order valence-electron chi connectivity index (χ0n) is 10.6. The Kier molecular flexibility index (Phi) is 3.33. The molecule has 0 aromatic heterocycles. The third-order valence-electron chi connectivity index (χ3n) is 4.13. The van der Waals surface area contributed by atoms with E-state index in [2.05, 4.69) is 29.6 Å². The number of nitrogens with one attached hydrogen (secondary N) is 1. The first-order valence-electron chi connectivity index (χ1n) is 6.92. The molecule has 1 N–H and O–H groups in total. The van der Waals surface area contributed by atoms with Crippen molar-refractivity contribution in [2.24, 2.45) is 0 Å². The molecule has 1 aromatic carbocycles. The summed E-state index contributed by atoms with van der Waals surface area (Å²) in [5, 5.41) is 3.30. The van der Waals surface area contributed by atoms with Crippen LogP contribution in [0.3, 0.4) is 0 Å². The summed E-state index contributed by atoms with van der Waals surface area (Å²) in [6, 6.07) is 10.6. The molecule has 0 spiro atoms. The van der Waals surface area contributed by atoms with E-state index < -0.39 is 0 Å². The molecule has 3 nitrogen and oxygen atoms in total. The summed E-state index contributed by atoms with van der Waals surface area (Å²) in [4.78, 5) is 14.3. The van der Waals surface area contributed by atoms with E-state index in [-0.39, 0.29) is 6.04 Å². The lowest BCUT2D eigenvalue weighted by molar-refractivity contribution is -0.132. The molecule has 2 atom stereocenters. The first kappa shape index (κ1) is 11.7. The summed E-state index contributed by atoms with van der Waals surface area (Å²) in [7, 11) is 0. The van der Waals surface area contributed by atoms with Gasteiger partial charge in [0, 0.05) is 19.0 Å². The van der Waals surface area contributed by atoms with Crippen molar-refractivity contribution in [2.75, 3.05) is 19.6 Å². The lowest BCUT2D eigenvalue weighted by Gasteiger charge is -2.20. The minimum absolute atomic E-state index is 0.0829. The summed E-state index contributed by atoms with van der Waals surface area (Å²) in [5.41, 5.74) is 1.37. The molecule has 18 heavy (non-hydrogen) atoms. The highest BCUT2D eigenvalue weighted by molar-refractivity contribution is 5.82. The van der Waals surface area contributed by atoms with Crippen molar-refractivity contribution in [1.29, 1.82) is 0 Å². The Morgan fingerprint density at radius 2 is 2.06 bits per heavy atom. The van der Waals surface area contributed by atoms with E-state index in [0.29, 0.717) is 11.8 Å². The van der Waals surface area contributed by atoms with E-state index in [1.807, 2.05) is 11.0 Å². The lowest BCUT2D eigenvalue weighted by atomic mass is 9.99. The molecular formula is C15H20N2O. The Hall–Kier alpha value is -1.35. The molecular weight excluding hydrogens is 224 g/mol. The van der Waals surface area contributed by atoms with E-state index in [4.69, 9.17) is 0 Å². The first-order valence-corrected chi connectivity index (χ1v) is 6.92. The van der Waals surface area contributed by atoms with Crippen LogP contribution in [0.1, 0.15) is 30.7 Å². The van der Waals surface area contributed by atoms with Crippen molar-refractivity contribution >= 4 is 5.91 Å². The quantitative estimate of drug-likeness (QED) is 0.859. The Balaban J connectivity index is 1.63. The second kappa shape index (κ2) is 5.11. The van der Waals surface area contributed by atoms with Gasteiger partial charge in [0.2, 0.25) is 5.91 Å². The number of amides is 1. The minimum Gasteiger partial charge on any atom is -0.341 e. The Bertz CT molecular complexity index is 412. The van der Waals surface area contributed by atoms with Gasteiger partial charge in [0.15, 0.2) is 0 Å². The van der Waals surface area contributed by atoms with E-state index in [1.165, 1.54) is 5.56 Å². The second-order valence-electron chi connectivity index (χ2n) is 5.33. The van der Waals surface area contributed by atoms with Crippen LogP contribution in [-0.2, 0) is 4.79 Å². The Morgan fingerprint density at radius 1 is 1.22 bits per heavy atom. The van der Waals surface area contributed by atoms with Crippen molar-refractivity contribution in [3.05, 3.63) is 35.9 Å². The Labute approximate surface area is 108 Å². The SMILES string of the molecule is O=C([C@@H]1CCCN1)N1CC[C@H](c2ccccc2)C1. The van der Waals surface area contributed by atoms with Crippen LogP contribution in [0.25, 0.3) is 0 Å². The van der Waals surface area contributed by atoms with Gasteiger partial charge in [-0.05, 0) is 31.4 Å². The van der Waals surface area contributed by atoms with E-state index >= 15 is 0 Å². The highest BCUT2D eigenvalue weighted by Gasteiger charge is 2.32. The summed E-state index contributed by atoms with van der Waals surface area (Å²) in [6.07, 6.45) is 3.24. The largest absolute Gasteiger partial charge is 0.341 e. The molecule has 0 saturated carbocycles. The monoisotopic (exact) mass is 244 g/mol. The average Bonchev–Trinajstić information content (AvgIpc) is 3.10. The van der Waals surface area contributed by atoms with Crippen LogP contribution in [0.5, 0.6) is 0 Å². The summed E-state index contributed by atoms with van der Waals surface area (Å²) < 4.78 is 0. The predicted molar refractivity (Wildman–Crippen MR) is 71.4 cm³/mol. The molecule has 0 aliphatic carbocycles. The molecule has 1 aromatic rings. The van der Waals surface area contributed by atoms with Crippen LogP contribution < -0.4 is 5.32 Å². The smallest absolute Gasteiger partial charge is 0.239 e. The van der Waals surface area contributed by atoms with E-state index in [9.17, 15) is 4.79 Å². The maximum absolute atomic E-state index is 12.3. The van der Waals surface area contributed by atoms with Gasteiger partial charge in [-0.15, -0.1) is 0 Å². The summed E-state index contributed by atoms with van der Waals surface area (Å²) in [5.74, 6) is 0.836. The fraction of sp³-hybridized carbons (Fsp3) is 0.533. The third-order valence-corrected chi connectivity index (χ3v) is 4.13. The number of hydrogen-bond acceptors (Lipinski definition) is 2. The lowest BCUT2D eigenvalue weighted by Crippen LogP contribution is -2.42. The summed E-state index contributed by atoms with van der Waals surface area (Å²) >= 11 is 0. The van der Waals surface area contributed by atoms with Crippen LogP contribution in [0.15, 0.2) is 30.3 Å². The molecule has 3 heteroatoms. The normalized spacial score (nSPS) is 27.7. The summed E-state index contributed by atoms with van der Waals surface area (Å²) in [6.45, 7) is 2.80. The zero-order chi connectivity index (χ0) is 12.4. The molecule has 3 rings (SSSR count). The molecule has 2 fully saturated rings. The molecule has 1 amide bonds. The topological polar surface area (TPSA) is 32.3 Å². The minimum atomic E-state index is 0.0829. The molecule has 96 valence electrons.